The third-order valence-electron chi connectivity index (χ3n) is 7.10. The molecule has 0 saturated carbocycles. The lowest BCUT2D eigenvalue weighted by atomic mass is 10.0. The molecule has 2 aromatic carbocycles. The molecule has 184 valence electrons. The standard InChI is InChI=1S/C25H23FN6O4/c26-16-2-4-21-20(12-16)27-14-30(21)17-5-8-29(9-6-17)13-15-1-3-18-19(11-15)24(35)32(23(18)34)31-10-7-22(33)28-25(31)36/h1-4,11-12,14,17H,5-10,13H2,(H,28,33,36). The number of rotatable bonds is 4. The number of amides is 5. The number of nitrogens with one attached hydrogen (secondary N) is 1. The molecular formula is C25H23FN6O4. The maximum atomic E-state index is 13.5. The van der Waals surface area contributed by atoms with Crippen molar-refractivity contribution in [2.45, 2.75) is 31.8 Å². The van der Waals surface area contributed by atoms with Gasteiger partial charge in [-0.1, -0.05) is 6.07 Å². The van der Waals surface area contributed by atoms with E-state index in [1.807, 2.05) is 6.07 Å². The quantitative estimate of drug-likeness (QED) is 0.563. The first-order chi connectivity index (χ1) is 17.4. The highest BCUT2D eigenvalue weighted by Gasteiger charge is 2.43. The lowest BCUT2D eigenvalue weighted by molar-refractivity contribution is -0.122. The van der Waals surface area contributed by atoms with Crippen LogP contribution in [0.1, 0.15) is 51.6 Å². The van der Waals surface area contributed by atoms with Crippen LogP contribution in [0.5, 0.6) is 0 Å². The molecule has 1 N–H and O–H groups in total. The molecule has 3 aliphatic rings. The Morgan fingerprint density at radius 3 is 2.50 bits per heavy atom. The average molecular weight is 490 g/mol. The number of likely N-dealkylation sites (tertiary alicyclic amines) is 1. The molecule has 4 heterocycles. The van der Waals surface area contributed by atoms with Crippen molar-refractivity contribution in [3.63, 3.8) is 0 Å². The molecule has 6 rings (SSSR count). The number of benzene rings is 2. The van der Waals surface area contributed by atoms with Crippen LogP contribution in [0.15, 0.2) is 42.7 Å². The predicted octanol–water partition coefficient (Wildman–Crippen LogP) is 2.47. The highest BCUT2D eigenvalue weighted by Crippen LogP contribution is 2.30. The topological polar surface area (TPSA) is 108 Å². The van der Waals surface area contributed by atoms with E-state index in [9.17, 15) is 23.6 Å². The lowest BCUT2D eigenvalue weighted by Crippen LogP contribution is -2.58. The second kappa shape index (κ2) is 8.52. The summed E-state index contributed by atoms with van der Waals surface area (Å²) in [5.74, 6) is -1.87. The van der Waals surface area contributed by atoms with Crippen molar-refractivity contribution in [1.82, 2.24) is 29.8 Å². The Kier molecular flexibility index (Phi) is 5.29. The maximum absolute atomic E-state index is 13.5. The van der Waals surface area contributed by atoms with Gasteiger partial charge in [0.15, 0.2) is 0 Å². The van der Waals surface area contributed by atoms with Gasteiger partial charge in [-0.15, -0.1) is 0 Å². The number of halogens is 1. The summed E-state index contributed by atoms with van der Waals surface area (Å²) in [5, 5.41) is 3.95. The maximum Gasteiger partial charge on any atom is 0.343 e. The van der Waals surface area contributed by atoms with E-state index in [4.69, 9.17) is 0 Å². The summed E-state index contributed by atoms with van der Waals surface area (Å²) >= 11 is 0. The molecule has 2 saturated heterocycles. The summed E-state index contributed by atoms with van der Waals surface area (Å²) in [5.41, 5.74) is 2.98. The molecule has 10 nitrogen and oxygen atoms in total. The molecular weight excluding hydrogens is 467 g/mol. The van der Waals surface area contributed by atoms with Crippen LogP contribution in [-0.2, 0) is 11.3 Å². The van der Waals surface area contributed by atoms with Gasteiger partial charge in [-0.25, -0.2) is 19.2 Å². The number of piperidine rings is 1. The predicted molar refractivity (Wildman–Crippen MR) is 125 cm³/mol. The van der Waals surface area contributed by atoms with Crippen LogP contribution in [0.25, 0.3) is 11.0 Å². The zero-order valence-corrected chi connectivity index (χ0v) is 19.3. The number of hydrogen-bond acceptors (Lipinski definition) is 6. The zero-order valence-electron chi connectivity index (χ0n) is 19.3. The number of carbonyl (C=O) groups excluding carboxylic acids is 4. The minimum Gasteiger partial charge on any atom is -0.327 e. The summed E-state index contributed by atoms with van der Waals surface area (Å²) in [6.45, 7) is 2.27. The van der Waals surface area contributed by atoms with Crippen molar-refractivity contribution in [2.75, 3.05) is 19.6 Å². The number of imidazole rings is 1. The Hall–Kier alpha value is -4.12. The normalized spacial score (nSPS) is 19.4. The van der Waals surface area contributed by atoms with Crippen molar-refractivity contribution in [3.8, 4) is 0 Å². The second-order valence-corrected chi connectivity index (χ2v) is 9.32. The Morgan fingerprint density at radius 2 is 1.72 bits per heavy atom. The van der Waals surface area contributed by atoms with E-state index in [1.165, 1.54) is 12.1 Å². The van der Waals surface area contributed by atoms with Gasteiger partial charge in [0, 0.05) is 38.2 Å². The Balaban J connectivity index is 1.13. The Bertz CT molecular complexity index is 1430. The van der Waals surface area contributed by atoms with E-state index in [2.05, 4.69) is 19.8 Å². The van der Waals surface area contributed by atoms with Gasteiger partial charge in [-0.3, -0.25) is 24.6 Å². The largest absolute Gasteiger partial charge is 0.343 e. The summed E-state index contributed by atoms with van der Waals surface area (Å²) in [6, 6.07) is 9.33. The number of carbonyl (C=O) groups is 4. The molecule has 0 aliphatic carbocycles. The highest BCUT2D eigenvalue weighted by molar-refractivity contribution is 6.22. The van der Waals surface area contributed by atoms with Gasteiger partial charge in [-0.2, -0.15) is 5.01 Å². The Morgan fingerprint density at radius 1 is 0.944 bits per heavy atom. The molecule has 0 bridgehead atoms. The van der Waals surface area contributed by atoms with Crippen LogP contribution in [0, 0.1) is 5.82 Å². The van der Waals surface area contributed by atoms with Crippen LogP contribution in [-0.4, -0.2) is 67.9 Å². The van der Waals surface area contributed by atoms with Crippen LogP contribution >= 0.6 is 0 Å². The molecule has 2 fully saturated rings. The van der Waals surface area contributed by atoms with E-state index in [0.717, 1.165) is 47.0 Å². The number of urea groups is 1. The van der Waals surface area contributed by atoms with Gasteiger partial charge in [0.05, 0.1) is 35.0 Å². The van der Waals surface area contributed by atoms with Crippen LogP contribution in [0.4, 0.5) is 9.18 Å². The van der Waals surface area contributed by atoms with E-state index in [0.29, 0.717) is 12.1 Å². The molecule has 36 heavy (non-hydrogen) atoms. The number of aromatic nitrogens is 2. The molecule has 1 aromatic heterocycles. The van der Waals surface area contributed by atoms with Gasteiger partial charge in [0.25, 0.3) is 11.8 Å². The van der Waals surface area contributed by atoms with Crippen molar-refractivity contribution >= 4 is 34.8 Å². The summed E-state index contributed by atoms with van der Waals surface area (Å²) in [7, 11) is 0. The number of imide groups is 2. The lowest BCUT2D eigenvalue weighted by Gasteiger charge is -2.33. The molecule has 0 radical (unpaired) electrons. The molecule has 3 aliphatic heterocycles. The average Bonchev–Trinajstić information content (AvgIpc) is 3.38. The fourth-order valence-electron chi connectivity index (χ4n) is 5.25. The highest BCUT2D eigenvalue weighted by atomic mass is 19.1. The fourth-order valence-corrected chi connectivity index (χ4v) is 5.25. The number of nitrogens with zero attached hydrogens (tertiary/aromatic N) is 5. The summed E-state index contributed by atoms with van der Waals surface area (Å²) in [6.07, 6.45) is 3.60. The molecule has 5 amide bonds. The van der Waals surface area contributed by atoms with Crippen molar-refractivity contribution < 1.29 is 23.6 Å². The van der Waals surface area contributed by atoms with Crippen molar-refractivity contribution in [2.24, 2.45) is 0 Å². The number of hydrogen-bond donors (Lipinski definition) is 1. The Labute approximate surface area is 205 Å². The molecule has 0 atom stereocenters. The smallest absolute Gasteiger partial charge is 0.327 e. The molecule has 0 unspecified atom stereocenters. The minimum absolute atomic E-state index is 0.0199. The number of hydrazine groups is 1. The third-order valence-corrected chi connectivity index (χ3v) is 7.10. The SMILES string of the molecule is O=C1CCN(N2C(=O)c3ccc(CN4CCC(n5cnc6cc(F)ccc65)CC4)cc3C2=O)C(=O)N1. The molecule has 0 spiro atoms. The van der Waals surface area contributed by atoms with Crippen molar-refractivity contribution in [1.29, 1.82) is 0 Å². The third kappa shape index (κ3) is 3.72. The number of fused-ring (bicyclic) bond motifs is 2. The monoisotopic (exact) mass is 490 g/mol. The summed E-state index contributed by atoms with van der Waals surface area (Å²) < 4.78 is 15.6. The molecule has 3 aromatic rings. The second-order valence-electron chi connectivity index (χ2n) is 9.32. The summed E-state index contributed by atoms with van der Waals surface area (Å²) in [4.78, 5) is 56.1. The molecule has 11 heteroatoms. The van der Waals surface area contributed by atoms with E-state index >= 15 is 0 Å². The minimum atomic E-state index is -0.778. The zero-order chi connectivity index (χ0) is 25.0. The van der Waals surface area contributed by atoms with Gasteiger partial charge >= 0.3 is 6.03 Å². The first-order valence-corrected chi connectivity index (χ1v) is 11.9. The van der Waals surface area contributed by atoms with Gasteiger partial charge < -0.3 is 4.57 Å². The van der Waals surface area contributed by atoms with Gasteiger partial charge in [0.2, 0.25) is 5.91 Å². The van der Waals surface area contributed by atoms with Crippen LogP contribution in [0.3, 0.4) is 0 Å². The van der Waals surface area contributed by atoms with Crippen LogP contribution in [0.2, 0.25) is 0 Å². The first-order valence-electron chi connectivity index (χ1n) is 11.9. The van der Waals surface area contributed by atoms with Crippen molar-refractivity contribution in [3.05, 3.63) is 65.2 Å². The van der Waals surface area contributed by atoms with E-state index in [-0.39, 0.29) is 36.0 Å². The fraction of sp³-hybridized carbons (Fsp3) is 0.320. The van der Waals surface area contributed by atoms with Crippen LogP contribution < -0.4 is 5.32 Å². The van der Waals surface area contributed by atoms with E-state index in [1.54, 1.807) is 24.5 Å². The van der Waals surface area contributed by atoms with Gasteiger partial charge in [0.1, 0.15) is 5.82 Å². The van der Waals surface area contributed by atoms with E-state index < -0.39 is 23.8 Å². The first kappa shape index (κ1) is 22.4. The van der Waals surface area contributed by atoms with Gasteiger partial charge in [-0.05, 0) is 42.7 Å².